The molecule has 0 aliphatic rings. The lowest BCUT2D eigenvalue weighted by Crippen LogP contribution is -2.09. The summed E-state index contributed by atoms with van der Waals surface area (Å²) in [6.45, 7) is 1.82. The maximum atomic E-state index is 11.8. The zero-order valence-electron chi connectivity index (χ0n) is 18.3. The number of carbonyl (C=O) groups is 1. The van der Waals surface area contributed by atoms with Crippen LogP contribution in [0.4, 0.5) is 5.69 Å². The van der Waals surface area contributed by atoms with E-state index in [-0.39, 0.29) is 5.91 Å². The number of pyridine rings is 2. The molecule has 6 rings (SSSR count). The Morgan fingerprint density at radius 1 is 0.971 bits per heavy atom. The van der Waals surface area contributed by atoms with Crippen molar-refractivity contribution in [3.63, 3.8) is 0 Å². The van der Waals surface area contributed by atoms with Crippen molar-refractivity contribution in [2.75, 3.05) is 5.32 Å². The molecule has 6 aromatic rings. The highest BCUT2D eigenvalue weighted by atomic mass is 16.3. The summed E-state index contributed by atoms with van der Waals surface area (Å²) in [5, 5.41) is 12.5. The number of hydrogen-bond acceptors (Lipinski definition) is 5. The van der Waals surface area contributed by atoms with E-state index in [9.17, 15) is 4.79 Å². The zero-order valence-corrected chi connectivity index (χ0v) is 18.3. The number of benzene rings is 1. The van der Waals surface area contributed by atoms with E-state index in [1.807, 2.05) is 37.3 Å². The summed E-state index contributed by atoms with van der Waals surface area (Å²) in [7, 11) is 0. The number of anilines is 1. The third-order valence-corrected chi connectivity index (χ3v) is 5.84. The van der Waals surface area contributed by atoms with E-state index in [1.54, 1.807) is 31.1 Å². The first-order valence-electron chi connectivity index (χ1n) is 10.9. The second kappa shape index (κ2) is 8.00. The number of nitrogens with one attached hydrogen (secondary N) is 3. The Morgan fingerprint density at radius 3 is 2.74 bits per heavy atom. The van der Waals surface area contributed by atoms with Crippen LogP contribution in [0.2, 0.25) is 0 Å². The second-order valence-electron chi connectivity index (χ2n) is 8.01. The molecule has 1 amide bonds. The number of amides is 1. The van der Waals surface area contributed by atoms with Crippen molar-refractivity contribution in [1.29, 1.82) is 0 Å². The molecule has 0 unspecified atom stereocenters. The van der Waals surface area contributed by atoms with Gasteiger partial charge in [-0.3, -0.25) is 19.9 Å². The predicted octanol–water partition coefficient (Wildman–Crippen LogP) is 5.78. The molecule has 1 aromatic carbocycles. The van der Waals surface area contributed by atoms with Gasteiger partial charge in [-0.2, -0.15) is 5.10 Å². The van der Waals surface area contributed by atoms with E-state index < -0.39 is 0 Å². The molecule has 0 fully saturated rings. The van der Waals surface area contributed by atoms with Crippen LogP contribution in [0.3, 0.4) is 0 Å². The Morgan fingerprint density at radius 2 is 1.88 bits per heavy atom. The van der Waals surface area contributed by atoms with Crippen LogP contribution >= 0.6 is 0 Å². The van der Waals surface area contributed by atoms with E-state index >= 15 is 0 Å². The van der Waals surface area contributed by atoms with Gasteiger partial charge in [0.25, 0.3) is 0 Å². The highest BCUT2D eigenvalue weighted by Gasteiger charge is 2.15. The van der Waals surface area contributed by atoms with Crippen molar-refractivity contribution >= 4 is 33.4 Å². The minimum atomic E-state index is -0.0467. The summed E-state index contributed by atoms with van der Waals surface area (Å²) in [5.74, 6) is -0.0467. The molecule has 5 aromatic heterocycles. The van der Waals surface area contributed by atoms with Crippen molar-refractivity contribution in [3.8, 4) is 33.8 Å². The molecule has 8 nitrogen and oxygen atoms in total. The average Bonchev–Trinajstić information content (AvgIpc) is 3.62. The van der Waals surface area contributed by atoms with Gasteiger partial charge in [-0.1, -0.05) is 13.0 Å². The monoisotopic (exact) mass is 448 g/mol. The number of furan rings is 1. The van der Waals surface area contributed by atoms with E-state index in [0.717, 1.165) is 55.6 Å². The van der Waals surface area contributed by atoms with Crippen molar-refractivity contribution in [2.24, 2.45) is 0 Å². The van der Waals surface area contributed by atoms with Crippen LogP contribution < -0.4 is 5.32 Å². The first kappa shape index (κ1) is 19.9. The maximum Gasteiger partial charge on any atom is 0.224 e. The van der Waals surface area contributed by atoms with Crippen LogP contribution in [0, 0.1) is 0 Å². The molecule has 0 aliphatic carbocycles. The quantitative estimate of drug-likeness (QED) is 0.310. The number of hydrogen-bond donors (Lipinski definition) is 3. The summed E-state index contributed by atoms with van der Waals surface area (Å²) >= 11 is 0. The normalized spacial score (nSPS) is 11.3. The molecular weight excluding hydrogens is 428 g/mol. The Labute approximate surface area is 194 Å². The molecule has 34 heavy (non-hydrogen) atoms. The summed E-state index contributed by atoms with van der Waals surface area (Å²) in [4.78, 5) is 24.1. The van der Waals surface area contributed by atoms with Gasteiger partial charge in [0.2, 0.25) is 5.91 Å². The molecular formula is C26H20N6O2. The number of fused-ring (bicyclic) bond motifs is 2. The average molecular weight is 448 g/mol. The molecule has 0 bridgehead atoms. The van der Waals surface area contributed by atoms with Crippen LogP contribution in [0.15, 0.2) is 78.0 Å². The standard InChI is InChI=1S/C26H20N6O2/c1-2-24(33)29-18-9-17(12-27-13-18)15-3-4-22-19(10-15)26(32-31-22)23-11-20-21(30-23)5-7-28-25(20)16-6-8-34-14-16/h3-14,30H,2H2,1H3,(H,29,33)(H,31,32). The number of rotatable bonds is 5. The molecule has 0 saturated carbocycles. The fourth-order valence-electron chi connectivity index (χ4n) is 4.13. The number of H-pyrrole nitrogens is 2. The first-order valence-corrected chi connectivity index (χ1v) is 10.9. The summed E-state index contributed by atoms with van der Waals surface area (Å²) < 4.78 is 5.25. The van der Waals surface area contributed by atoms with Gasteiger partial charge in [0, 0.05) is 46.2 Å². The van der Waals surface area contributed by atoms with Gasteiger partial charge in [-0.05, 0) is 42.0 Å². The molecule has 0 spiro atoms. The van der Waals surface area contributed by atoms with Crippen LogP contribution in [-0.4, -0.2) is 31.1 Å². The third kappa shape index (κ3) is 3.41. The van der Waals surface area contributed by atoms with Crippen LogP contribution in [0.5, 0.6) is 0 Å². The fraction of sp³-hybridized carbons (Fsp3) is 0.0769. The molecule has 8 heteroatoms. The predicted molar refractivity (Wildman–Crippen MR) is 131 cm³/mol. The molecule has 0 atom stereocenters. The van der Waals surface area contributed by atoms with Gasteiger partial charge < -0.3 is 14.7 Å². The van der Waals surface area contributed by atoms with Crippen molar-refractivity contribution in [2.45, 2.75) is 13.3 Å². The smallest absolute Gasteiger partial charge is 0.224 e. The highest BCUT2D eigenvalue weighted by molar-refractivity contribution is 6.01. The molecule has 166 valence electrons. The van der Waals surface area contributed by atoms with Crippen molar-refractivity contribution < 1.29 is 9.21 Å². The fourth-order valence-corrected chi connectivity index (χ4v) is 4.13. The molecule has 0 radical (unpaired) electrons. The third-order valence-electron chi connectivity index (χ3n) is 5.84. The first-order chi connectivity index (χ1) is 16.7. The lowest BCUT2D eigenvalue weighted by atomic mass is 10.0. The highest BCUT2D eigenvalue weighted by Crippen LogP contribution is 2.34. The maximum absolute atomic E-state index is 11.8. The number of carbonyl (C=O) groups excluding carboxylic acids is 1. The van der Waals surface area contributed by atoms with Gasteiger partial charge in [0.05, 0.1) is 41.3 Å². The summed E-state index contributed by atoms with van der Waals surface area (Å²) in [6, 6.07) is 13.9. The number of aromatic amines is 2. The Hall–Kier alpha value is -4.72. The van der Waals surface area contributed by atoms with E-state index in [2.05, 4.69) is 42.6 Å². The van der Waals surface area contributed by atoms with Gasteiger partial charge in [-0.25, -0.2) is 0 Å². The van der Waals surface area contributed by atoms with Crippen molar-refractivity contribution in [3.05, 3.63) is 73.6 Å². The minimum absolute atomic E-state index is 0.0467. The summed E-state index contributed by atoms with van der Waals surface area (Å²) in [5.41, 5.74) is 7.93. The van der Waals surface area contributed by atoms with Crippen LogP contribution in [0.25, 0.3) is 55.6 Å². The van der Waals surface area contributed by atoms with Crippen LogP contribution in [-0.2, 0) is 4.79 Å². The SMILES string of the molecule is CCC(=O)Nc1cncc(-c2ccc3[nH]nc(-c4cc5c(-c6ccoc6)nccc5[nH]4)c3c2)c1. The van der Waals surface area contributed by atoms with E-state index in [1.165, 1.54) is 0 Å². The van der Waals surface area contributed by atoms with E-state index in [0.29, 0.717) is 12.1 Å². The van der Waals surface area contributed by atoms with Gasteiger partial charge in [0.1, 0.15) is 5.69 Å². The molecule has 5 heterocycles. The van der Waals surface area contributed by atoms with Crippen molar-refractivity contribution in [1.82, 2.24) is 25.1 Å². The molecule has 3 N–H and O–H groups in total. The lowest BCUT2D eigenvalue weighted by molar-refractivity contribution is -0.115. The topological polar surface area (TPSA) is 112 Å². The van der Waals surface area contributed by atoms with Gasteiger partial charge >= 0.3 is 0 Å². The Kier molecular flexibility index (Phi) is 4.69. The number of nitrogens with zero attached hydrogens (tertiary/aromatic N) is 3. The summed E-state index contributed by atoms with van der Waals surface area (Å²) in [6.07, 6.45) is 8.96. The van der Waals surface area contributed by atoms with Crippen LogP contribution in [0.1, 0.15) is 13.3 Å². The largest absolute Gasteiger partial charge is 0.472 e. The van der Waals surface area contributed by atoms with Gasteiger partial charge in [-0.15, -0.1) is 0 Å². The molecule has 0 saturated heterocycles. The second-order valence-corrected chi connectivity index (χ2v) is 8.01. The number of aromatic nitrogens is 5. The Bertz CT molecular complexity index is 1650. The zero-order chi connectivity index (χ0) is 23.1. The lowest BCUT2D eigenvalue weighted by Gasteiger charge is -2.06. The molecule has 0 aliphatic heterocycles. The van der Waals surface area contributed by atoms with Gasteiger partial charge in [0.15, 0.2) is 0 Å². The minimum Gasteiger partial charge on any atom is -0.472 e. The van der Waals surface area contributed by atoms with E-state index in [4.69, 9.17) is 4.42 Å². The Balaban J connectivity index is 1.43.